The maximum Gasteiger partial charge on any atom is 0.277 e. The molecule has 0 radical (unpaired) electrons. The number of thiazole rings is 1. The number of aromatic amines is 1. The standard InChI is InChI=1S/C27H24N6O3S/c1-16-22(23(32-36-16)17-7-3-2-4-8-17)26(35)33-13-11-18(12-14-33)25-28-21(15-37-25)24(34)31-27-29-19-9-5-6-10-20(19)30-27/h2-10,15,18H,11-14H2,1H3,(H2,29,30,31,34). The molecule has 1 saturated heterocycles. The largest absolute Gasteiger partial charge is 0.360 e. The molecule has 9 nitrogen and oxygen atoms in total. The number of para-hydroxylation sites is 2. The summed E-state index contributed by atoms with van der Waals surface area (Å²) >= 11 is 1.48. The molecule has 2 amide bonds. The van der Waals surface area contributed by atoms with Gasteiger partial charge in [-0.25, -0.2) is 9.97 Å². The Morgan fingerprint density at radius 2 is 1.81 bits per heavy atom. The molecule has 10 heteroatoms. The van der Waals surface area contributed by atoms with Crippen LogP contribution in [0.5, 0.6) is 0 Å². The molecule has 37 heavy (non-hydrogen) atoms. The van der Waals surface area contributed by atoms with E-state index < -0.39 is 0 Å². The van der Waals surface area contributed by atoms with Crippen molar-refractivity contribution >= 4 is 40.1 Å². The molecule has 0 aliphatic carbocycles. The van der Waals surface area contributed by atoms with Crippen molar-refractivity contribution in [3.05, 3.63) is 82.0 Å². The Balaban J connectivity index is 1.10. The van der Waals surface area contributed by atoms with Crippen LogP contribution >= 0.6 is 11.3 Å². The van der Waals surface area contributed by atoms with Crippen LogP contribution in [0.2, 0.25) is 0 Å². The second-order valence-corrected chi connectivity index (χ2v) is 9.91. The minimum Gasteiger partial charge on any atom is -0.360 e. The topological polar surface area (TPSA) is 117 Å². The number of hydrogen-bond donors (Lipinski definition) is 2. The lowest BCUT2D eigenvalue weighted by atomic mass is 9.96. The number of carbonyl (C=O) groups excluding carboxylic acids is 2. The van der Waals surface area contributed by atoms with Crippen molar-refractivity contribution in [2.24, 2.45) is 0 Å². The number of H-pyrrole nitrogens is 1. The number of benzene rings is 2. The van der Waals surface area contributed by atoms with Crippen LogP contribution in [0, 0.1) is 6.92 Å². The fourth-order valence-electron chi connectivity index (χ4n) is 4.67. The van der Waals surface area contributed by atoms with Crippen LogP contribution in [0.1, 0.15) is 50.4 Å². The molecule has 1 aliphatic rings. The van der Waals surface area contributed by atoms with E-state index in [1.807, 2.05) is 59.5 Å². The van der Waals surface area contributed by atoms with Crippen LogP contribution in [0.25, 0.3) is 22.3 Å². The predicted molar refractivity (Wildman–Crippen MR) is 141 cm³/mol. The molecule has 3 aromatic heterocycles. The van der Waals surface area contributed by atoms with Crippen LogP contribution in [0.15, 0.2) is 64.5 Å². The molecule has 0 atom stereocenters. The third kappa shape index (κ3) is 4.51. The van der Waals surface area contributed by atoms with E-state index in [0.717, 1.165) is 34.4 Å². The number of nitrogens with one attached hydrogen (secondary N) is 2. The van der Waals surface area contributed by atoms with Gasteiger partial charge >= 0.3 is 0 Å². The van der Waals surface area contributed by atoms with E-state index in [0.29, 0.717) is 41.7 Å². The molecule has 186 valence electrons. The zero-order valence-electron chi connectivity index (χ0n) is 20.1. The number of anilines is 1. The summed E-state index contributed by atoms with van der Waals surface area (Å²) in [7, 11) is 0. The number of aryl methyl sites for hydroxylation is 1. The Hall–Kier alpha value is -4.31. The van der Waals surface area contributed by atoms with Crippen molar-refractivity contribution < 1.29 is 14.1 Å². The molecule has 6 rings (SSSR count). The zero-order chi connectivity index (χ0) is 25.4. The molecule has 0 bridgehead atoms. The summed E-state index contributed by atoms with van der Waals surface area (Å²) in [6.07, 6.45) is 1.55. The fraction of sp³-hybridized carbons (Fsp3) is 0.222. The normalized spacial score (nSPS) is 14.2. The van der Waals surface area contributed by atoms with Gasteiger partial charge in [-0.2, -0.15) is 0 Å². The number of hydrogen-bond acceptors (Lipinski definition) is 7. The third-order valence-corrected chi connectivity index (χ3v) is 7.64. The van der Waals surface area contributed by atoms with Crippen molar-refractivity contribution in [2.75, 3.05) is 18.4 Å². The smallest absolute Gasteiger partial charge is 0.277 e. The number of rotatable bonds is 5. The van der Waals surface area contributed by atoms with Gasteiger partial charge in [0.1, 0.15) is 22.7 Å². The highest BCUT2D eigenvalue weighted by Crippen LogP contribution is 2.33. The molecule has 1 fully saturated rings. The number of carbonyl (C=O) groups is 2. The molecule has 0 saturated carbocycles. The quantitative estimate of drug-likeness (QED) is 0.332. The molecule has 2 N–H and O–H groups in total. The minimum absolute atomic E-state index is 0.0684. The van der Waals surface area contributed by atoms with Crippen molar-refractivity contribution in [3.63, 3.8) is 0 Å². The first-order valence-electron chi connectivity index (χ1n) is 12.1. The highest BCUT2D eigenvalue weighted by atomic mass is 32.1. The Kier molecular flexibility index (Phi) is 6.01. The van der Waals surface area contributed by atoms with Crippen LogP contribution in [0.4, 0.5) is 5.95 Å². The molecule has 1 aliphatic heterocycles. The summed E-state index contributed by atoms with van der Waals surface area (Å²) in [5, 5.41) is 9.63. The van der Waals surface area contributed by atoms with Gasteiger partial charge in [-0.15, -0.1) is 11.3 Å². The Morgan fingerprint density at radius 1 is 1.05 bits per heavy atom. The average molecular weight is 513 g/mol. The minimum atomic E-state index is -0.300. The second-order valence-electron chi connectivity index (χ2n) is 9.02. The average Bonchev–Trinajstić information content (AvgIpc) is 3.67. The molecule has 0 spiro atoms. The van der Waals surface area contributed by atoms with Crippen molar-refractivity contribution in [3.8, 4) is 11.3 Å². The number of piperidine rings is 1. The highest BCUT2D eigenvalue weighted by molar-refractivity contribution is 7.10. The number of amides is 2. The van der Waals surface area contributed by atoms with E-state index in [4.69, 9.17) is 4.52 Å². The van der Waals surface area contributed by atoms with E-state index in [1.165, 1.54) is 11.3 Å². The maximum atomic E-state index is 13.4. The number of imidazole rings is 1. The van der Waals surface area contributed by atoms with Gasteiger partial charge in [-0.1, -0.05) is 47.6 Å². The van der Waals surface area contributed by atoms with Gasteiger partial charge in [0.15, 0.2) is 0 Å². The van der Waals surface area contributed by atoms with E-state index in [9.17, 15) is 9.59 Å². The number of nitrogens with zero attached hydrogens (tertiary/aromatic N) is 4. The zero-order valence-corrected chi connectivity index (χ0v) is 20.9. The number of fused-ring (bicyclic) bond motifs is 1. The van der Waals surface area contributed by atoms with Gasteiger partial charge < -0.3 is 14.4 Å². The summed E-state index contributed by atoms with van der Waals surface area (Å²) < 4.78 is 5.39. The van der Waals surface area contributed by atoms with E-state index >= 15 is 0 Å². The SMILES string of the molecule is Cc1onc(-c2ccccc2)c1C(=O)N1CCC(c2nc(C(=O)Nc3nc4ccccc4[nH]3)cs2)CC1. The Morgan fingerprint density at radius 3 is 2.59 bits per heavy atom. The third-order valence-electron chi connectivity index (χ3n) is 6.63. The summed E-state index contributed by atoms with van der Waals surface area (Å²) in [5.74, 6) is 0.739. The summed E-state index contributed by atoms with van der Waals surface area (Å²) in [6.45, 7) is 2.97. The predicted octanol–water partition coefficient (Wildman–Crippen LogP) is 5.25. The van der Waals surface area contributed by atoms with Crippen LogP contribution in [-0.2, 0) is 0 Å². The first kappa shape index (κ1) is 23.1. The molecular weight excluding hydrogens is 488 g/mol. The molecule has 2 aromatic carbocycles. The Labute approximate surface area is 216 Å². The van der Waals surface area contributed by atoms with Gasteiger partial charge in [-0.05, 0) is 31.9 Å². The van der Waals surface area contributed by atoms with Crippen molar-refractivity contribution in [1.29, 1.82) is 0 Å². The van der Waals surface area contributed by atoms with Crippen LogP contribution < -0.4 is 5.32 Å². The maximum absolute atomic E-state index is 13.4. The van der Waals surface area contributed by atoms with E-state index in [2.05, 4.69) is 25.4 Å². The van der Waals surface area contributed by atoms with Gasteiger partial charge in [0.2, 0.25) is 5.95 Å². The van der Waals surface area contributed by atoms with Crippen molar-refractivity contribution in [1.82, 2.24) is 25.0 Å². The van der Waals surface area contributed by atoms with Crippen LogP contribution in [-0.4, -0.2) is 49.9 Å². The van der Waals surface area contributed by atoms with Gasteiger partial charge in [-0.3, -0.25) is 14.9 Å². The first-order chi connectivity index (χ1) is 18.1. The molecule has 0 unspecified atom stereocenters. The first-order valence-corrected chi connectivity index (χ1v) is 13.0. The lowest BCUT2D eigenvalue weighted by Crippen LogP contribution is -2.38. The summed E-state index contributed by atoms with van der Waals surface area (Å²) in [4.78, 5) is 40.1. The molecule has 5 aromatic rings. The lowest BCUT2D eigenvalue weighted by molar-refractivity contribution is 0.0711. The van der Waals surface area contributed by atoms with Gasteiger partial charge in [0.05, 0.1) is 16.0 Å². The summed E-state index contributed by atoms with van der Waals surface area (Å²) in [5.41, 5.74) is 3.96. The lowest BCUT2D eigenvalue weighted by Gasteiger charge is -2.31. The van der Waals surface area contributed by atoms with Gasteiger partial charge in [0.25, 0.3) is 11.8 Å². The monoisotopic (exact) mass is 512 g/mol. The summed E-state index contributed by atoms with van der Waals surface area (Å²) in [6, 6.07) is 17.2. The highest BCUT2D eigenvalue weighted by Gasteiger charge is 2.31. The van der Waals surface area contributed by atoms with Gasteiger partial charge in [0, 0.05) is 30.0 Å². The molecule has 4 heterocycles. The number of aromatic nitrogens is 4. The Bertz CT molecular complexity index is 1550. The fourth-order valence-corrected chi connectivity index (χ4v) is 5.64. The second kappa shape index (κ2) is 9.62. The van der Waals surface area contributed by atoms with E-state index in [-0.39, 0.29) is 17.7 Å². The van der Waals surface area contributed by atoms with E-state index in [1.54, 1.807) is 12.3 Å². The van der Waals surface area contributed by atoms with Crippen molar-refractivity contribution in [2.45, 2.75) is 25.7 Å². The number of likely N-dealkylation sites (tertiary alicyclic amines) is 1. The van der Waals surface area contributed by atoms with Crippen LogP contribution in [0.3, 0.4) is 0 Å². The molecular formula is C27H24N6O3S.